The number of nitrogens with zero attached hydrogens (tertiary/aromatic N) is 1. The minimum atomic E-state index is -0.254. The highest BCUT2D eigenvalue weighted by atomic mass is 35.5. The average Bonchev–Trinajstić information content (AvgIpc) is 3.02. The lowest BCUT2D eigenvalue weighted by Crippen LogP contribution is -2.24. The molecule has 1 atom stereocenters. The number of nitrogens with one attached hydrogen (secondary N) is 2. The van der Waals surface area contributed by atoms with Crippen LogP contribution in [0.3, 0.4) is 0 Å². The predicted octanol–water partition coefficient (Wildman–Crippen LogP) is 5.42. The van der Waals surface area contributed by atoms with Gasteiger partial charge in [0, 0.05) is 23.3 Å². The monoisotopic (exact) mass is 419 g/mol. The molecule has 3 rings (SSSR count). The Balaban J connectivity index is 1.72. The Labute approximate surface area is 170 Å². The number of carbonyl (C=O) groups is 2. The summed E-state index contributed by atoms with van der Waals surface area (Å²) in [6.07, 6.45) is 0.678. The molecule has 0 radical (unpaired) electrons. The summed E-state index contributed by atoms with van der Waals surface area (Å²) in [4.78, 5) is 28.4. The predicted molar refractivity (Wildman–Crippen MR) is 114 cm³/mol. The van der Waals surface area contributed by atoms with E-state index in [1.165, 1.54) is 30.0 Å². The normalized spacial score (nSPS) is 12.0. The molecule has 0 saturated carbocycles. The maximum Gasteiger partial charge on any atom is 0.237 e. The van der Waals surface area contributed by atoms with Crippen LogP contribution in [0, 0.1) is 0 Å². The zero-order valence-electron chi connectivity index (χ0n) is 14.8. The highest BCUT2D eigenvalue weighted by molar-refractivity contribution is 8.02. The van der Waals surface area contributed by atoms with E-state index < -0.39 is 0 Å². The second-order valence-corrected chi connectivity index (χ2v) is 8.77. The molecule has 1 heterocycles. The van der Waals surface area contributed by atoms with Gasteiger partial charge in [0.05, 0.1) is 15.5 Å². The van der Waals surface area contributed by atoms with E-state index in [4.69, 9.17) is 11.6 Å². The molecule has 0 aliphatic heterocycles. The van der Waals surface area contributed by atoms with Crippen LogP contribution in [0.1, 0.15) is 20.3 Å². The first kappa shape index (κ1) is 19.7. The van der Waals surface area contributed by atoms with Gasteiger partial charge in [-0.1, -0.05) is 30.3 Å². The molecule has 1 aromatic heterocycles. The van der Waals surface area contributed by atoms with E-state index in [2.05, 4.69) is 15.6 Å². The standard InChI is InChI=1S/C19H18ClN3O2S2/c1-3-16(18(25)22-13-6-4-12(20)5-7-13)26-19-23-15-9-8-14(21-11(2)24)10-17(15)27-19/h4-10,16H,3H2,1-2H3,(H,21,24)(H,22,25). The molecule has 0 spiro atoms. The van der Waals surface area contributed by atoms with E-state index in [0.717, 1.165) is 20.2 Å². The van der Waals surface area contributed by atoms with Crippen LogP contribution in [-0.4, -0.2) is 22.0 Å². The van der Waals surface area contributed by atoms with Crippen LogP contribution in [0.5, 0.6) is 0 Å². The van der Waals surface area contributed by atoms with Crippen molar-refractivity contribution >= 4 is 68.1 Å². The van der Waals surface area contributed by atoms with Gasteiger partial charge in [0.2, 0.25) is 11.8 Å². The van der Waals surface area contributed by atoms with Gasteiger partial charge >= 0.3 is 0 Å². The van der Waals surface area contributed by atoms with Crippen LogP contribution in [-0.2, 0) is 9.59 Å². The number of hydrogen-bond acceptors (Lipinski definition) is 5. The number of anilines is 2. The summed E-state index contributed by atoms with van der Waals surface area (Å²) >= 11 is 8.83. The lowest BCUT2D eigenvalue weighted by atomic mass is 10.3. The lowest BCUT2D eigenvalue weighted by molar-refractivity contribution is -0.116. The van der Waals surface area contributed by atoms with Crippen LogP contribution in [0.15, 0.2) is 46.8 Å². The number of thioether (sulfide) groups is 1. The van der Waals surface area contributed by atoms with E-state index >= 15 is 0 Å². The van der Waals surface area contributed by atoms with Crippen molar-refractivity contribution in [2.75, 3.05) is 10.6 Å². The first-order valence-electron chi connectivity index (χ1n) is 8.36. The van der Waals surface area contributed by atoms with Crippen molar-refractivity contribution in [1.29, 1.82) is 0 Å². The van der Waals surface area contributed by atoms with Gasteiger partial charge in [-0.15, -0.1) is 11.3 Å². The topological polar surface area (TPSA) is 71.1 Å². The van der Waals surface area contributed by atoms with Crippen molar-refractivity contribution in [1.82, 2.24) is 4.98 Å². The third-order valence-corrected chi connectivity index (χ3v) is 6.44. The van der Waals surface area contributed by atoms with Crippen molar-refractivity contribution in [2.45, 2.75) is 29.9 Å². The van der Waals surface area contributed by atoms with Gasteiger partial charge in [-0.3, -0.25) is 9.59 Å². The molecule has 1 unspecified atom stereocenters. The van der Waals surface area contributed by atoms with E-state index in [0.29, 0.717) is 17.1 Å². The summed E-state index contributed by atoms with van der Waals surface area (Å²) < 4.78 is 1.79. The molecule has 8 heteroatoms. The first-order chi connectivity index (χ1) is 12.9. The minimum absolute atomic E-state index is 0.0667. The second-order valence-electron chi connectivity index (χ2n) is 5.85. The number of fused-ring (bicyclic) bond motifs is 1. The summed E-state index contributed by atoms with van der Waals surface area (Å²) in [6, 6.07) is 12.6. The molecule has 2 aromatic carbocycles. The molecule has 0 saturated heterocycles. The van der Waals surface area contributed by atoms with Crippen LogP contribution in [0.25, 0.3) is 10.2 Å². The molecular weight excluding hydrogens is 402 g/mol. The number of thiazole rings is 1. The summed E-state index contributed by atoms with van der Waals surface area (Å²) in [6.45, 7) is 3.45. The summed E-state index contributed by atoms with van der Waals surface area (Å²) in [7, 11) is 0. The van der Waals surface area contributed by atoms with Gasteiger partial charge in [-0.2, -0.15) is 0 Å². The molecule has 5 nitrogen and oxygen atoms in total. The van der Waals surface area contributed by atoms with E-state index in [9.17, 15) is 9.59 Å². The minimum Gasteiger partial charge on any atom is -0.326 e. The highest BCUT2D eigenvalue weighted by Gasteiger charge is 2.20. The number of hydrogen-bond donors (Lipinski definition) is 2. The Bertz CT molecular complexity index is 973. The molecule has 140 valence electrons. The summed E-state index contributed by atoms with van der Waals surface area (Å²) in [5.74, 6) is -0.179. The lowest BCUT2D eigenvalue weighted by Gasteiger charge is -2.13. The van der Waals surface area contributed by atoms with Crippen LogP contribution < -0.4 is 10.6 Å². The number of amides is 2. The molecule has 0 bridgehead atoms. The fraction of sp³-hybridized carbons (Fsp3) is 0.211. The van der Waals surface area contributed by atoms with Gasteiger partial charge < -0.3 is 10.6 Å². The third kappa shape index (κ3) is 5.22. The zero-order valence-corrected chi connectivity index (χ0v) is 17.2. The molecule has 0 fully saturated rings. The second kappa shape index (κ2) is 8.73. The van der Waals surface area contributed by atoms with Gasteiger partial charge in [-0.25, -0.2) is 4.98 Å². The van der Waals surface area contributed by atoms with Crippen LogP contribution >= 0.6 is 34.7 Å². The molecule has 2 amide bonds. The van der Waals surface area contributed by atoms with Crippen molar-refractivity contribution in [2.24, 2.45) is 0 Å². The highest BCUT2D eigenvalue weighted by Crippen LogP contribution is 2.34. The number of benzene rings is 2. The molecule has 2 N–H and O–H groups in total. The Hall–Kier alpha value is -2.09. The van der Waals surface area contributed by atoms with Crippen molar-refractivity contribution < 1.29 is 9.59 Å². The number of halogens is 1. The zero-order chi connectivity index (χ0) is 19.4. The Morgan fingerprint density at radius 1 is 1.15 bits per heavy atom. The third-order valence-electron chi connectivity index (χ3n) is 3.71. The summed E-state index contributed by atoms with van der Waals surface area (Å²) in [5, 5.41) is 6.06. The van der Waals surface area contributed by atoms with Crippen molar-refractivity contribution in [3.05, 3.63) is 47.5 Å². The molecule has 27 heavy (non-hydrogen) atoms. The fourth-order valence-corrected chi connectivity index (χ4v) is 4.83. The summed E-state index contributed by atoms with van der Waals surface area (Å²) in [5.41, 5.74) is 2.31. The number of rotatable bonds is 6. The largest absolute Gasteiger partial charge is 0.326 e. The van der Waals surface area contributed by atoms with Crippen LogP contribution in [0.4, 0.5) is 11.4 Å². The average molecular weight is 420 g/mol. The number of aromatic nitrogens is 1. The quantitative estimate of drug-likeness (QED) is 0.523. The van der Waals surface area contributed by atoms with E-state index in [1.54, 1.807) is 24.3 Å². The van der Waals surface area contributed by atoms with Gasteiger partial charge in [0.1, 0.15) is 0 Å². The molecular formula is C19H18ClN3O2S2. The first-order valence-corrected chi connectivity index (χ1v) is 10.4. The smallest absolute Gasteiger partial charge is 0.237 e. The van der Waals surface area contributed by atoms with Crippen LogP contribution in [0.2, 0.25) is 5.02 Å². The fourth-order valence-electron chi connectivity index (χ4n) is 2.43. The Kier molecular flexibility index (Phi) is 6.36. The van der Waals surface area contributed by atoms with E-state index in [-0.39, 0.29) is 17.1 Å². The maximum atomic E-state index is 12.6. The van der Waals surface area contributed by atoms with Gasteiger partial charge in [0.25, 0.3) is 0 Å². The maximum absolute atomic E-state index is 12.6. The Morgan fingerprint density at radius 3 is 2.52 bits per heavy atom. The number of carbonyl (C=O) groups excluding carboxylic acids is 2. The Morgan fingerprint density at radius 2 is 1.85 bits per heavy atom. The van der Waals surface area contributed by atoms with Crippen molar-refractivity contribution in [3.8, 4) is 0 Å². The molecule has 0 aliphatic rings. The van der Waals surface area contributed by atoms with Gasteiger partial charge in [0.15, 0.2) is 4.34 Å². The van der Waals surface area contributed by atoms with Crippen molar-refractivity contribution in [3.63, 3.8) is 0 Å². The van der Waals surface area contributed by atoms with Gasteiger partial charge in [-0.05, 0) is 48.9 Å². The molecule has 0 aliphatic carbocycles. The molecule has 3 aromatic rings. The SMILES string of the molecule is CCC(Sc1nc2ccc(NC(C)=O)cc2s1)C(=O)Nc1ccc(Cl)cc1. The van der Waals surface area contributed by atoms with E-state index in [1.807, 2.05) is 25.1 Å².